The van der Waals surface area contributed by atoms with Gasteiger partial charge in [-0.05, 0) is 24.3 Å². The molecule has 1 aromatic rings. The van der Waals surface area contributed by atoms with Crippen molar-refractivity contribution < 1.29 is 4.74 Å². The molecule has 0 radical (unpaired) electrons. The van der Waals surface area contributed by atoms with Crippen LogP contribution in [-0.2, 0) is 4.74 Å². The van der Waals surface area contributed by atoms with E-state index in [1.807, 2.05) is 6.07 Å². The Bertz CT molecular complexity index is 283. The van der Waals surface area contributed by atoms with Gasteiger partial charge in [0.05, 0.1) is 0 Å². The largest absolute Gasteiger partial charge is 0.381 e. The average Bonchev–Trinajstić information content (AvgIpc) is 2.33. The standard InChI is InChI=1S/C12H18N2O/c13-14-12(10-4-2-1-3-5-10)11-6-8-15-9-7-11/h1-5,11-12,14H,6-9,13H2. The molecule has 15 heavy (non-hydrogen) atoms. The van der Waals surface area contributed by atoms with E-state index < -0.39 is 0 Å². The van der Waals surface area contributed by atoms with Crippen LogP contribution in [0.5, 0.6) is 0 Å². The van der Waals surface area contributed by atoms with Gasteiger partial charge in [0.2, 0.25) is 0 Å². The van der Waals surface area contributed by atoms with E-state index in [1.165, 1.54) is 5.56 Å². The molecule has 1 unspecified atom stereocenters. The van der Waals surface area contributed by atoms with Crippen LogP contribution in [0.15, 0.2) is 30.3 Å². The fourth-order valence-corrected chi connectivity index (χ4v) is 2.21. The lowest BCUT2D eigenvalue weighted by atomic mass is 9.87. The highest BCUT2D eigenvalue weighted by Crippen LogP contribution is 2.29. The van der Waals surface area contributed by atoms with Gasteiger partial charge >= 0.3 is 0 Å². The molecule has 1 saturated heterocycles. The maximum atomic E-state index is 5.64. The van der Waals surface area contributed by atoms with Crippen molar-refractivity contribution in [1.82, 2.24) is 5.43 Å². The van der Waals surface area contributed by atoms with Crippen LogP contribution in [0.4, 0.5) is 0 Å². The molecule has 1 fully saturated rings. The van der Waals surface area contributed by atoms with Gasteiger partial charge in [0.25, 0.3) is 0 Å². The molecule has 82 valence electrons. The van der Waals surface area contributed by atoms with Gasteiger partial charge in [-0.25, -0.2) is 0 Å². The van der Waals surface area contributed by atoms with Crippen LogP contribution < -0.4 is 11.3 Å². The lowest BCUT2D eigenvalue weighted by Gasteiger charge is -2.30. The lowest BCUT2D eigenvalue weighted by molar-refractivity contribution is 0.0536. The summed E-state index contributed by atoms with van der Waals surface area (Å²) in [5, 5.41) is 0. The Balaban J connectivity index is 2.09. The van der Waals surface area contributed by atoms with E-state index in [0.717, 1.165) is 26.1 Å². The van der Waals surface area contributed by atoms with Crippen molar-refractivity contribution in [1.29, 1.82) is 0 Å². The second-order valence-electron chi connectivity index (χ2n) is 4.00. The molecule has 0 aliphatic carbocycles. The second kappa shape index (κ2) is 5.26. The molecule has 0 spiro atoms. The maximum Gasteiger partial charge on any atom is 0.0489 e. The van der Waals surface area contributed by atoms with Crippen LogP contribution in [0.25, 0.3) is 0 Å². The third kappa shape index (κ3) is 2.56. The van der Waals surface area contributed by atoms with E-state index in [4.69, 9.17) is 10.6 Å². The Labute approximate surface area is 90.6 Å². The molecule has 3 N–H and O–H groups in total. The minimum atomic E-state index is 0.259. The Morgan fingerprint density at radius 3 is 2.47 bits per heavy atom. The molecule has 1 aliphatic rings. The van der Waals surface area contributed by atoms with E-state index in [2.05, 4.69) is 29.7 Å². The second-order valence-corrected chi connectivity index (χ2v) is 4.00. The predicted octanol–water partition coefficient (Wildman–Crippen LogP) is 1.62. The molecule has 1 atom stereocenters. The van der Waals surface area contributed by atoms with E-state index in [1.54, 1.807) is 0 Å². The van der Waals surface area contributed by atoms with E-state index >= 15 is 0 Å². The number of ether oxygens (including phenoxy) is 1. The minimum Gasteiger partial charge on any atom is -0.381 e. The molecule has 0 saturated carbocycles. The summed E-state index contributed by atoms with van der Waals surface area (Å²) in [4.78, 5) is 0. The number of hydrazine groups is 1. The van der Waals surface area contributed by atoms with Crippen LogP contribution in [0.2, 0.25) is 0 Å². The minimum absolute atomic E-state index is 0.259. The van der Waals surface area contributed by atoms with Crippen LogP contribution >= 0.6 is 0 Å². The SMILES string of the molecule is NNC(c1ccccc1)C1CCOCC1. The highest BCUT2D eigenvalue weighted by molar-refractivity contribution is 5.19. The summed E-state index contributed by atoms with van der Waals surface area (Å²) in [6.07, 6.45) is 2.17. The zero-order chi connectivity index (χ0) is 10.5. The van der Waals surface area contributed by atoms with Crippen molar-refractivity contribution >= 4 is 0 Å². The number of nitrogens with two attached hydrogens (primary N) is 1. The quantitative estimate of drug-likeness (QED) is 0.583. The Kier molecular flexibility index (Phi) is 3.72. The molecule has 3 heteroatoms. The summed E-state index contributed by atoms with van der Waals surface area (Å²) >= 11 is 0. The van der Waals surface area contributed by atoms with Crippen molar-refractivity contribution in [2.75, 3.05) is 13.2 Å². The Morgan fingerprint density at radius 2 is 1.87 bits per heavy atom. The third-order valence-electron chi connectivity index (χ3n) is 3.08. The van der Waals surface area contributed by atoms with Gasteiger partial charge in [0.1, 0.15) is 0 Å². The van der Waals surface area contributed by atoms with Crippen LogP contribution in [0, 0.1) is 5.92 Å². The first kappa shape index (κ1) is 10.6. The van der Waals surface area contributed by atoms with E-state index in [0.29, 0.717) is 5.92 Å². The highest BCUT2D eigenvalue weighted by Gasteiger charge is 2.23. The average molecular weight is 206 g/mol. The maximum absolute atomic E-state index is 5.64. The van der Waals surface area contributed by atoms with Crippen LogP contribution in [0.3, 0.4) is 0 Å². The summed E-state index contributed by atoms with van der Waals surface area (Å²) in [5.74, 6) is 6.23. The number of rotatable bonds is 3. The summed E-state index contributed by atoms with van der Waals surface area (Å²) in [7, 11) is 0. The molecule has 1 aliphatic heterocycles. The molecule has 2 rings (SSSR count). The summed E-state index contributed by atoms with van der Waals surface area (Å²) in [6, 6.07) is 10.6. The van der Waals surface area contributed by atoms with E-state index in [9.17, 15) is 0 Å². The van der Waals surface area contributed by atoms with Gasteiger partial charge in [0.15, 0.2) is 0 Å². The molecule has 3 nitrogen and oxygen atoms in total. The smallest absolute Gasteiger partial charge is 0.0489 e. The first-order chi connectivity index (χ1) is 7.42. The first-order valence-corrected chi connectivity index (χ1v) is 5.50. The van der Waals surface area contributed by atoms with Crippen molar-refractivity contribution in [2.24, 2.45) is 11.8 Å². The lowest BCUT2D eigenvalue weighted by Crippen LogP contribution is -2.36. The third-order valence-corrected chi connectivity index (χ3v) is 3.08. The monoisotopic (exact) mass is 206 g/mol. The molecule has 1 heterocycles. The summed E-state index contributed by atoms with van der Waals surface area (Å²) < 4.78 is 5.36. The molecular weight excluding hydrogens is 188 g/mol. The molecular formula is C12H18N2O. The molecule has 1 aromatic carbocycles. The number of nitrogens with one attached hydrogen (secondary N) is 1. The highest BCUT2D eigenvalue weighted by atomic mass is 16.5. The predicted molar refractivity (Wildman–Crippen MR) is 60.0 cm³/mol. The zero-order valence-electron chi connectivity index (χ0n) is 8.86. The van der Waals surface area contributed by atoms with Crippen LogP contribution in [0.1, 0.15) is 24.4 Å². The topological polar surface area (TPSA) is 47.3 Å². The first-order valence-electron chi connectivity index (χ1n) is 5.50. The van der Waals surface area contributed by atoms with Crippen LogP contribution in [-0.4, -0.2) is 13.2 Å². The zero-order valence-corrected chi connectivity index (χ0v) is 8.86. The molecule has 0 bridgehead atoms. The van der Waals surface area contributed by atoms with Gasteiger partial charge in [-0.2, -0.15) is 0 Å². The Hall–Kier alpha value is -0.900. The fourth-order valence-electron chi connectivity index (χ4n) is 2.21. The van der Waals surface area contributed by atoms with Crippen molar-refractivity contribution in [2.45, 2.75) is 18.9 Å². The molecule has 0 amide bonds. The van der Waals surface area contributed by atoms with Crippen molar-refractivity contribution in [3.8, 4) is 0 Å². The number of hydrogen-bond acceptors (Lipinski definition) is 3. The Morgan fingerprint density at radius 1 is 1.20 bits per heavy atom. The van der Waals surface area contributed by atoms with Gasteiger partial charge < -0.3 is 4.74 Å². The normalized spacial score (nSPS) is 20.1. The fraction of sp³-hybridized carbons (Fsp3) is 0.500. The number of benzene rings is 1. The van der Waals surface area contributed by atoms with Gasteiger partial charge in [-0.3, -0.25) is 11.3 Å². The van der Waals surface area contributed by atoms with Crippen molar-refractivity contribution in [3.63, 3.8) is 0 Å². The molecule has 0 aromatic heterocycles. The van der Waals surface area contributed by atoms with Crippen molar-refractivity contribution in [3.05, 3.63) is 35.9 Å². The van der Waals surface area contributed by atoms with Gasteiger partial charge in [-0.15, -0.1) is 0 Å². The number of hydrogen-bond donors (Lipinski definition) is 2. The van der Waals surface area contributed by atoms with Gasteiger partial charge in [0, 0.05) is 19.3 Å². The summed E-state index contributed by atoms with van der Waals surface area (Å²) in [5.41, 5.74) is 4.20. The van der Waals surface area contributed by atoms with E-state index in [-0.39, 0.29) is 6.04 Å². The van der Waals surface area contributed by atoms with Gasteiger partial charge in [-0.1, -0.05) is 30.3 Å². The summed E-state index contributed by atoms with van der Waals surface area (Å²) in [6.45, 7) is 1.71.